The SMILES string of the molecule is O=C(c1cc(-c2ccc(F)c(CO)c2F)cc2[nH]ncc12)N1Cc2ccncc2C1. The number of aliphatic hydroxyl groups excluding tert-OH is 1. The van der Waals surface area contributed by atoms with Crippen LogP contribution in [0.5, 0.6) is 0 Å². The molecule has 0 fully saturated rings. The number of nitrogens with one attached hydrogen (secondary N) is 1. The molecule has 0 aliphatic carbocycles. The first kappa shape index (κ1) is 18.4. The highest BCUT2D eigenvalue weighted by molar-refractivity contribution is 6.08. The zero-order valence-corrected chi connectivity index (χ0v) is 15.7. The molecule has 1 amide bonds. The second-order valence-corrected chi connectivity index (χ2v) is 7.21. The first-order valence-electron chi connectivity index (χ1n) is 9.33. The molecule has 150 valence electrons. The highest BCUT2D eigenvalue weighted by Gasteiger charge is 2.27. The Morgan fingerprint density at radius 1 is 1.13 bits per heavy atom. The van der Waals surface area contributed by atoms with Gasteiger partial charge in [-0.3, -0.25) is 14.9 Å². The van der Waals surface area contributed by atoms with Crippen LogP contribution in [0.4, 0.5) is 8.78 Å². The molecule has 0 saturated carbocycles. The lowest BCUT2D eigenvalue weighted by atomic mass is 9.97. The van der Waals surface area contributed by atoms with Crippen LogP contribution in [0, 0.1) is 11.6 Å². The van der Waals surface area contributed by atoms with Gasteiger partial charge in [0, 0.05) is 42.0 Å². The number of halogens is 2. The number of hydrogen-bond donors (Lipinski definition) is 2. The third kappa shape index (κ3) is 2.84. The standard InChI is InChI=1S/C22H16F2N4O2/c23-19-2-1-15(21(24)18(19)11-29)13-5-16(17-8-26-27-20(17)6-13)22(30)28-9-12-3-4-25-7-14(12)10-28/h1-8,29H,9-11H2,(H,26,27). The van der Waals surface area contributed by atoms with Crippen molar-refractivity contribution >= 4 is 16.8 Å². The fraction of sp³-hybridized carbons (Fsp3) is 0.136. The van der Waals surface area contributed by atoms with Gasteiger partial charge < -0.3 is 10.0 Å². The topological polar surface area (TPSA) is 82.1 Å². The molecule has 2 aromatic heterocycles. The maximum Gasteiger partial charge on any atom is 0.255 e. The van der Waals surface area contributed by atoms with Crippen molar-refractivity contribution < 1.29 is 18.7 Å². The lowest BCUT2D eigenvalue weighted by Gasteiger charge is -2.17. The van der Waals surface area contributed by atoms with Gasteiger partial charge in [0.05, 0.1) is 23.9 Å². The van der Waals surface area contributed by atoms with Crippen LogP contribution in [-0.2, 0) is 19.7 Å². The predicted octanol–water partition coefficient (Wildman–Crippen LogP) is 3.55. The number of carbonyl (C=O) groups excluding carboxylic acids is 1. The number of rotatable bonds is 3. The molecule has 0 spiro atoms. The lowest BCUT2D eigenvalue weighted by Crippen LogP contribution is -2.25. The normalized spacial score (nSPS) is 13.1. The number of H-pyrrole nitrogens is 1. The number of benzene rings is 2. The summed E-state index contributed by atoms with van der Waals surface area (Å²) in [6.45, 7) is 0.134. The van der Waals surface area contributed by atoms with Gasteiger partial charge in [0.25, 0.3) is 5.91 Å². The largest absolute Gasteiger partial charge is 0.391 e. The summed E-state index contributed by atoms with van der Waals surface area (Å²) in [6, 6.07) is 7.52. The highest BCUT2D eigenvalue weighted by Crippen LogP contribution is 2.32. The minimum absolute atomic E-state index is 0.0971. The minimum atomic E-state index is -0.852. The monoisotopic (exact) mass is 406 g/mol. The van der Waals surface area contributed by atoms with E-state index in [0.717, 1.165) is 17.2 Å². The fourth-order valence-electron chi connectivity index (χ4n) is 3.88. The molecule has 8 heteroatoms. The summed E-state index contributed by atoms with van der Waals surface area (Å²) in [7, 11) is 0. The molecule has 0 atom stereocenters. The third-order valence-corrected chi connectivity index (χ3v) is 5.46. The van der Waals surface area contributed by atoms with Crippen LogP contribution >= 0.6 is 0 Å². The zero-order chi connectivity index (χ0) is 20.8. The van der Waals surface area contributed by atoms with E-state index < -0.39 is 23.8 Å². The first-order chi connectivity index (χ1) is 14.6. The molecule has 6 nitrogen and oxygen atoms in total. The summed E-state index contributed by atoms with van der Waals surface area (Å²) in [5.41, 5.74) is 3.03. The molecule has 3 heterocycles. The van der Waals surface area contributed by atoms with Crippen molar-refractivity contribution in [1.29, 1.82) is 0 Å². The quantitative estimate of drug-likeness (QED) is 0.545. The molecule has 0 unspecified atom stereocenters. The van der Waals surface area contributed by atoms with E-state index in [2.05, 4.69) is 15.2 Å². The number of aliphatic hydroxyl groups is 1. The number of nitrogens with zero attached hydrogens (tertiary/aromatic N) is 3. The molecule has 30 heavy (non-hydrogen) atoms. The third-order valence-electron chi connectivity index (χ3n) is 5.46. The van der Waals surface area contributed by atoms with Crippen LogP contribution in [0.2, 0.25) is 0 Å². The molecule has 0 bridgehead atoms. The maximum atomic E-state index is 14.8. The van der Waals surface area contributed by atoms with Gasteiger partial charge in [-0.15, -0.1) is 0 Å². The van der Waals surface area contributed by atoms with Gasteiger partial charge in [-0.25, -0.2) is 8.78 Å². The molecular formula is C22H16F2N4O2. The molecule has 1 aliphatic heterocycles. The Kier molecular flexibility index (Phi) is 4.29. The second-order valence-electron chi connectivity index (χ2n) is 7.21. The van der Waals surface area contributed by atoms with Crippen molar-refractivity contribution in [2.24, 2.45) is 0 Å². The van der Waals surface area contributed by atoms with Crippen LogP contribution in [0.15, 0.2) is 48.9 Å². The van der Waals surface area contributed by atoms with E-state index in [1.54, 1.807) is 35.6 Å². The summed E-state index contributed by atoms with van der Waals surface area (Å²) in [5, 5.41) is 16.8. The maximum absolute atomic E-state index is 14.8. The van der Waals surface area contributed by atoms with Crippen molar-refractivity contribution in [1.82, 2.24) is 20.1 Å². The Hall–Kier alpha value is -3.65. The van der Waals surface area contributed by atoms with Gasteiger partial charge in [0.2, 0.25) is 0 Å². The zero-order valence-electron chi connectivity index (χ0n) is 15.7. The number of fused-ring (bicyclic) bond motifs is 2. The van der Waals surface area contributed by atoms with E-state index in [9.17, 15) is 18.7 Å². The van der Waals surface area contributed by atoms with Crippen LogP contribution in [0.1, 0.15) is 27.0 Å². The molecule has 4 aromatic rings. The van der Waals surface area contributed by atoms with E-state index >= 15 is 0 Å². The molecule has 2 N–H and O–H groups in total. The smallest absolute Gasteiger partial charge is 0.255 e. The van der Waals surface area contributed by atoms with E-state index in [1.165, 1.54) is 6.07 Å². The first-order valence-corrected chi connectivity index (χ1v) is 9.33. The van der Waals surface area contributed by atoms with Gasteiger partial charge in [0.15, 0.2) is 0 Å². The van der Waals surface area contributed by atoms with E-state index in [0.29, 0.717) is 35.1 Å². The molecule has 0 saturated heterocycles. The van der Waals surface area contributed by atoms with Crippen molar-refractivity contribution in [3.8, 4) is 11.1 Å². The highest BCUT2D eigenvalue weighted by atomic mass is 19.1. The average Bonchev–Trinajstić information content (AvgIpc) is 3.39. The van der Waals surface area contributed by atoms with Crippen molar-refractivity contribution in [2.75, 3.05) is 0 Å². The lowest BCUT2D eigenvalue weighted by molar-refractivity contribution is 0.0753. The van der Waals surface area contributed by atoms with Gasteiger partial charge >= 0.3 is 0 Å². The summed E-state index contributed by atoms with van der Waals surface area (Å²) >= 11 is 0. The average molecular weight is 406 g/mol. The molecule has 0 radical (unpaired) electrons. The predicted molar refractivity (Wildman–Crippen MR) is 105 cm³/mol. The van der Waals surface area contributed by atoms with Gasteiger partial charge in [-0.05, 0) is 47.0 Å². The van der Waals surface area contributed by atoms with Crippen LogP contribution in [0.3, 0.4) is 0 Å². The molecule has 2 aromatic carbocycles. The van der Waals surface area contributed by atoms with Gasteiger partial charge in [-0.2, -0.15) is 5.10 Å². The number of amides is 1. The number of hydrogen-bond acceptors (Lipinski definition) is 4. The number of carbonyl (C=O) groups is 1. The molecular weight excluding hydrogens is 390 g/mol. The fourth-order valence-corrected chi connectivity index (χ4v) is 3.88. The van der Waals surface area contributed by atoms with E-state index in [1.807, 2.05) is 6.07 Å². The second kappa shape index (κ2) is 7.00. The Morgan fingerprint density at radius 2 is 1.97 bits per heavy atom. The van der Waals surface area contributed by atoms with Crippen LogP contribution in [0.25, 0.3) is 22.0 Å². The van der Waals surface area contributed by atoms with E-state index in [4.69, 9.17) is 0 Å². The van der Waals surface area contributed by atoms with Crippen molar-refractivity contribution in [2.45, 2.75) is 19.7 Å². The minimum Gasteiger partial charge on any atom is -0.391 e. The molecule has 5 rings (SSSR count). The van der Waals surface area contributed by atoms with Crippen LogP contribution < -0.4 is 0 Å². The Bertz CT molecular complexity index is 1280. The van der Waals surface area contributed by atoms with E-state index in [-0.39, 0.29) is 11.5 Å². The molecule has 1 aliphatic rings. The summed E-state index contributed by atoms with van der Waals surface area (Å²) < 4.78 is 28.6. The van der Waals surface area contributed by atoms with Crippen LogP contribution in [-0.4, -0.2) is 31.1 Å². The Balaban J connectivity index is 1.61. The van der Waals surface area contributed by atoms with Gasteiger partial charge in [-0.1, -0.05) is 0 Å². The van der Waals surface area contributed by atoms with Crippen molar-refractivity contribution in [3.05, 3.63) is 82.8 Å². The number of aromatic nitrogens is 3. The summed E-state index contributed by atoms with van der Waals surface area (Å²) in [5.74, 6) is -1.89. The summed E-state index contributed by atoms with van der Waals surface area (Å²) in [4.78, 5) is 19.1. The van der Waals surface area contributed by atoms with Crippen molar-refractivity contribution in [3.63, 3.8) is 0 Å². The Morgan fingerprint density at radius 3 is 2.77 bits per heavy atom. The number of pyridine rings is 1. The van der Waals surface area contributed by atoms with Gasteiger partial charge in [0.1, 0.15) is 11.6 Å². The summed E-state index contributed by atoms with van der Waals surface area (Å²) in [6.07, 6.45) is 4.99. The number of aromatic amines is 1. The Labute approximate surface area is 169 Å².